The lowest BCUT2D eigenvalue weighted by Crippen LogP contribution is -2.52. The minimum absolute atomic E-state index is 0.181. The first-order valence-corrected chi connectivity index (χ1v) is 6.75. The van der Waals surface area contributed by atoms with Gasteiger partial charge in [-0.1, -0.05) is 12.1 Å². The highest BCUT2D eigenvalue weighted by molar-refractivity contribution is 6.05. The molecule has 0 aromatic heterocycles. The zero-order valence-electron chi connectivity index (χ0n) is 10.8. The molecular weight excluding hydrogens is 226 g/mol. The van der Waals surface area contributed by atoms with Crippen LogP contribution in [0.25, 0.3) is 0 Å². The highest BCUT2D eigenvalue weighted by atomic mass is 16.5. The average molecular weight is 245 g/mol. The van der Waals surface area contributed by atoms with E-state index in [1.165, 1.54) is 5.56 Å². The van der Waals surface area contributed by atoms with E-state index in [1.54, 1.807) is 0 Å². The molecule has 3 nitrogen and oxygen atoms in total. The lowest BCUT2D eigenvalue weighted by Gasteiger charge is -2.33. The molecule has 0 bridgehead atoms. The number of piperidine rings is 1. The van der Waals surface area contributed by atoms with Crippen LogP contribution in [0.4, 0.5) is 0 Å². The van der Waals surface area contributed by atoms with Gasteiger partial charge in [0.15, 0.2) is 5.78 Å². The average Bonchev–Trinajstić information content (AvgIpc) is 2.87. The van der Waals surface area contributed by atoms with Crippen LogP contribution in [0, 0.1) is 0 Å². The summed E-state index contributed by atoms with van der Waals surface area (Å²) in [5.41, 5.74) is 1.50. The van der Waals surface area contributed by atoms with Gasteiger partial charge < -0.3 is 10.1 Å². The Kier molecular flexibility index (Phi) is 2.86. The minimum Gasteiger partial charge on any atom is -0.492 e. The molecule has 96 valence electrons. The van der Waals surface area contributed by atoms with Crippen molar-refractivity contribution in [3.8, 4) is 5.75 Å². The van der Waals surface area contributed by atoms with Gasteiger partial charge in [0.1, 0.15) is 5.75 Å². The summed E-state index contributed by atoms with van der Waals surface area (Å²) < 4.78 is 5.64. The number of carbonyl (C=O) groups is 1. The Morgan fingerprint density at radius 2 is 2.28 bits per heavy atom. The fraction of sp³-hybridized carbons (Fsp3) is 0.533. The number of ketones is 1. The standard InChI is InChI=1S/C15H19NO2/c1-15(8-2-3-9-16-15)14(17)12-6-4-5-11-7-10-18-13(11)12/h4-6,16H,2-3,7-10H2,1H3. The number of rotatable bonds is 2. The Hall–Kier alpha value is -1.35. The van der Waals surface area contributed by atoms with E-state index in [-0.39, 0.29) is 5.78 Å². The van der Waals surface area contributed by atoms with Crippen LogP contribution in [0.5, 0.6) is 5.75 Å². The summed E-state index contributed by atoms with van der Waals surface area (Å²) in [5.74, 6) is 0.997. The number of hydrogen-bond donors (Lipinski definition) is 1. The van der Waals surface area contributed by atoms with Gasteiger partial charge in [0.25, 0.3) is 0 Å². The van der Waals surface area contributed by atoms with E-state index < -0.39 is 5.54 Å². The van der Waals surface area contributed by atoms with Crippen LogP contribution in [0.1, 0.15) is 42.1 Å². The van der Waals surface area contributed by atoms with Crippen molar-refractivity contribution in [2.45, 2.75) is 38.1 Å². The van der Waals surface area contributed by atoms with Gasteiger partial charge in [0, 0.05) is 6.42 Å². The van der Waals surface area contributed by atoms with E-state index in [2.05, 4.69) is 11.4 Å². The number of hydrogen-bond acceptors (Lipinski definition) is 3. The summed E-state index contributed by atoms with van der Waals surface area (Å²) in [6.07, 6.45) is 4.10. The second kappa shape index (κ2) is 4.39. The largest absolute Gasteiger partial charge is 0.492 e. The molecule has 1 unspecified atom stereocenters. The molecule has 3 rings (SSSR count). The first-order valence-electron chi connectivity index (χ1n) is 6.75. The van der Waals surface area contributed by atoms with Crippen molar-refractivity contribution >= 4 is 5.78 Å². The number of nitrogens with one attached hydrogen (secondary N) is 1. The van der Waals surface area contributed by atoms with Crippen LogP contribution in [-0.2, 0) is 6.42 Å². The van der Waals surface area contributed by atoms with Gasteiger partial charge in [-0.05, 0) is 44.4 Å². The van der Waals surface area contributed by atoms with Crippen molar-refractivity contribution in [3.05, 3.63) is 29.3 Å². The number of benzene rings is 1. The summed E-state index contributed by atoms with van der Waals surface area (Å²) in [7, 11) is 0. The molecule has 0 saturated carbocycles. The maximum atomic E-state index is 12.7. The maximum absolute atomic E-state index is 12.7. The van der Waals surface area contributed by atoms with Crippen LogP contribution in [0.15, 0.2) is 18.2 Å². The molecule has 0 aliphatic carbocycles. The molecule has 2 aliphatic rings. The molecule has 1 fully saturated rings. The van der Waals surface area contributed by atoms with Gasteiger partial charge in [-0.3, -0.25) is 4.79 Å². The molecule has 1 saturated heterocycles. The molecule has 1 atom stereocenters. The second-order valence-corrected chi connectivity index (χ2v) is 5.44. The van der Waals surface area contributed by atoms with Crippen molar-refractivity contribution in [2.24, 2.45) is 0 Å². The van der Waals surface area contributed by atoms with Crippen LogP contribution in [0.2, 0.25) is 0 Å². The molecule has 0 amide bonds. The normalized spacial score (nSPS) is 26.5. The highest BCUT2D eigenvalue weighted by Gasteiger charge is 2.37. The second-order valence-electron chi connectivity index (χ2n) is 5.44. The third-order valence-corrected chi connectivity index (χ3v) is 4.08. The topological polar surface area (TPSA) is 38.3 Å². The molecular formula is C15H19NO2. The van der Waals surface area contributed by atoms with E-state index in [9.17, 15) is 4.79 Å². The first-order chi connectivity index (χ1) is 8.71. The predicted molar refractivity (Wildman–Crippen MR) is 70.2 cm³/mol. The van der Waals surface area contributed by atoms with Gasteiger partial charge in [0.2, 0.25) is 0 Å². The van der Waals surface area contributed by atoms with Gasteiger partial charge in [-0.2, -0.15) is 0 Å². The van der Waals surface area contributed by atoms with Crippen molar-refractivity contribution in [3.63, 3.8) is 0 Å². The van der Waals surface area contributed by atoms with E-state index in [0.29, 0.717) is 6.61 Å². The van der Waals surface area contributed by atoms with Crippen molar-refractivity contribution in [2.75, 3.05) is 13.2 Å². The number of carbonyl (C=O) groups excluding carboxylic acids is 1. The quantitative estimate of drug-likeness (QED) is 0.813. The molecule has 1 aromatic carbocycles. The molecule has 1 N–H and O–H groups in total. The molecule has 1 aromatic rings. The Balaban J connectivity index is 1.95. The third-order valence-electron chi connectivity index (χ3n) is 4.08. The Morgan fingerprint density at radius 1 is 1.39 bits per heavy atom. The summed E-state index contributed by atoms with van der Waals surface area (Å²) >= 11 is 0. The number of fused-ring (bicyclic) bond motifs is 1. The van der Waals surface area contributed by atoms with E-state index in [1.807, 2.05) is 19.1 Å². The Labute approximate surface area is 108 Å². The van der Waals surface area contributed by atoms with Gasteiger partial charge in [-0.25, -0.2) is 0 Å². The fourth-order valence-electron chi connectivity index (χ4n) is 2.94. The summed E-state index contributed by atoms with van der Waals surface area (Å²) in [6, 6.07) is 5.91. The van der Waals surface area contributed by atoms with Crippen LogP contribution >= 0.6 is 0 Å². The van der Waals surface area contributed by atoms with Gasteiger partial charge in [-0.15, -0.1) is 0 Å². The summed E-state index contributed by atoms with van der Waals surface area (Å²) in [4.78, 5) is 12.7. The molecule has 0 radical (unpaired) electrons. The number of para-hydroxylation sites is 1. The SMILES string of the molecule is CC1(C(=O)c2cccc3c2OCC3)CCCCN1. The summed E-state index contributed by atoms with van der Waals surface area (Å²) in [6.45, 7) is 3.64. The van der Waals surface area contributed by atoms with Crippen molar-refractivity contribution in [1.82, 2.24) is 5.32 Å². The molecule has 2 aliphatic heterocycles. The predicted octanol–water partition coefficient (Wildman–Crippen LogP) is 2.34. The molecule has 3 heteroatoms. The third kappa shape index (κ3) is 1.83. The smallest absolute Gasteiger partial charge is 0.186 e. The van der Waals surface area contributed by atoms with Gasteiger partial charge >= 0.3 is 0 Å². The zero-order chi connectivity index (χ0) is 12.6. The molecule has 2 heterocycles. The van der Waals surface area contributed by atoms with Crippen LogP contribution in [-0.4, -0.2) is 24.5 Å². The Morgan fingerprint density at radius 3 is 3.06 bits per heavy atom. The van der Waals surface area contributed by atoms with E-state index in [4.69, 9.17) is 4.74 Å². The monoisotopic (exact) mass is 245 g/mol. The van der Waals surface area contributed by atoms with Crippen molar-refractivity contribution in [1.29, 1.82) is 0 Å². The van der Waals surface area contributed by atoms with Crippen molar-refractivity contribution < 1.29 is 9.53 Å². The van der Waals surface area contributed by atoms with E-state index >= 15 is 0 Å². The number of Topliss-reactive ketones (excluding diaryl/α,β-unsaturated/α-hetero) is 1. The highest BCUT2D eigenvalue weighted by Crippen LogP contribution is 2.33. The lowest BCUT2D eigenvalue weighted by molar-refractivity contribution is 0.0831. The molecule has 0 spiro atoms. The van der Waals surface area contributed by atoms with E-state index in [0.717, 1.165) is 43.5 Å². The number of ether oxygens (including phenoxy) is 1. The minimum atomic E-state index is -0.417. The molecule has 18 heavy (non-hydrogen) atoms. The maximum Gasteiger partial charge on any atom is 0.186 e. The zero-order valence-corrected chi connectivity index (χ0v) is 10.8. The van der Waals surface area contributed by atoms with Crippen LogP contribution < -0.4 is 10.1 Å². The van der Waals surface area contributed by atoms with Gasteiger partial charge in [0.05, 0.1) is 17.7 Å². The Bertz CT molecular complexity index is 475. The first kappa shape index (κ1) is 11.7. The van der Waals surface area contributed by atoms with Crippen LogP contribution in [0.3, 0.4) is 0 Å². The summed E-state index contributed by atoms with van der Waals surface area (Å²) in [5, 5.41) is 3.38. The fourth-order valence-corrected chi connectivity index (χ4v) is 2.94. The lowest BCUT2D eigenvalue weighted by atomic mass is 9.83.